The van der Waals surface area contributed by atoms with Gasteiger partial charge < -0.3 is 4.74 Å². The van der Waals surface area contributed by atoms with Crippen LogP contribution in [0, 0.1) is 0 Å². The molecule has 0 N–H and O–H groups in total. The summed E-state index contributed by atoms with van der Waals surface area (Å²) in [6, 6.07) is 5.21. The number of aromatic nitrogens is 3. The third-order valence-corrected chi connectivity index (χ3v) is 2.19. The first kappa shape index (κ1) is 12.3. The van der Waals surface area contributed by atoms with Gasteiger partial charge in [0.25, 0.3) is 0 Å². The molecular formula is C12H15N3O3. The van der Waals surface area contributed by atoms with Crippen LogP contribution in [-0.4, -0.2) is 25.8 Å². The number of nitrogens with zero attached hydrogens (tertiary/aromatic N) is 3. The number of carbonyl (C=O) groups excluding carboxylic acids is 1. The second kappa shape index (κ2) is 4.29. The molecule has 2 heterocycles. The van der Waals surface area contributed by atoms with Crippen molar-refractivity contribution in [3.63, 3.8) is 0 Å². The summed E-state index contributed by atoms with van der Waals surface area (Å²) in [5, 5.41) is 4.05. The van der Waals surface area contributed by atoms with Gasteiger partial charge in [0.15, 0.2) is 5.65 Å². The van der Waals surface area contributed by atoms with E-state index in [0.717, 1.165) is 4.68 Å². The lowest BCUT2D eigenvalue weighted by Crippen LogP contribution is -2.30. The van der Waals surface area contributed by atoms with Gasteiger partial charge in [0.1, 0.15) is 12.1 Å². The Morgan fingerprint density at radius 1 is 1.39 bits per heavy atom. The van der Waals surface area contributed by atoms with Gasteiger partial charge in [-0.2, -0.15) is 0 Å². The molecule has 0 unspecified atom stereocenters. The Morgan fingerprint density at radius 3 is 2.72 bits per heavy atom. The lowest BCUT2D eigenvalue weighted by atomic mass is 10.2. The highest BCUT2D eigenvalue weighted by atomic mass is 16.6. The summed E-state index contributed by atoms with van der Waals surface area (Å²) in [6.07, 6.45) is 1.61. The molecule has 0 spiro atoms. The smallest absolute Gasteiger partial charge is 0.350 e. The van der Waals surface area contributed by atoms with Crippen molar-refractivity contribution in [3.8, 4) is 0 Å². The fraction of sp³-hybridized carbons (Fsp3) is 0.417. The summed E-state index contributed by atoms with van der Waals surface area (Å²) in [6.45, 7) is 5.14. The SMILES string of the molecule is CC(C)(C)OC(=O)Cn1nc2ccccn2c1=O. The van der Waals surface area contributed by atoms with E-state index in [1.54, 1.807) is 45.2 Å². The van der Waals surface area contributed by atoms with Gasteiger partial charge >= 0.3 is 11.7 Å². The summed E-state index contributed by atoms with van der Waals surface area (Å²) in [4.78, 5) is 23.5. The molecule has 0 bridgehead atoms. The van der Waals surface area contributed by atoms with E-state index in [1.807, 2.05) is 0 Å². The summed E-state index contributed by atoms with van der Waals surface area (Å²) in [5.74, 6) is -0.479. The van der Waals surface area contributed by atoms with Crippen LogP contribution in [-0.2, 0) is 16.1 Å². The molecule has 0 aliphatic heterocycles. The summed E-state index contributed by atoms with van der Waals surface area (Å²) < 4.78 is 7.62. The van der Waals surface area contributed by atoms with Gasteiger partial charge in [0.2, 0.25) is 0 Å². The van der Waals surface area contributed by atoms with E-state index in [4.69, 9.17) is 4.74 Å². The molecule has 0 saturated carbocycles. The number of fused-ring (bicyclic) bond motifs is 1. The maximum absolute atomic E-state index is 11.9. The Kier molecular flexibility index (Phi) is 2.94. The molecule has 0 atom stereocenters. The fourth-order valence-electron chi connectivity index (χ4n) is 1.57. The number of pyridine rings is 1. The van der Waals surface area contributed by atoms with Gasteiger partial charge in [0, 0.05) is 6.20 Å². The fourth-order valence-corrected chi connectivity index (χ4v) is 1.57. The summed E-state index contributed by atoms with van der Waals surface area (Å²) in [5.41, 5.74) is -0.414. The first-order valence-corrected chi connectivity index (χ1v) is 5.63. The number of esters is 1. The molecule has 0 aliphatic rings. The maximum atomic E-state index is 11.9. The van der Waals surface area contributed by atoms with Crippen molar-refractivity contribution in [3.05, 3.63) is 34.9 Å². The number of carbonyl (C=O) groups is 1. The molecule has 96 valence electrons. The van der Waals surface area contributed by atoms with Gasteiger partial charge in [-0.1, -0.05) is 6.07 Å². The van der Waals surface area contributed by atoms with Crippen molar-refractivity contribution in [2.45, 2.75) is 32.9 Å². The largest absolute Gasteiger partial charge is 0.459 e. The molecule has 2 aromatic rings. The molecular weight excluding hydrogens is 234 g/mol. The third kappa shape index (κ3) is 2.58. The molecule has 0 fully saturated rings. The number of rotatable bonds is 2. The van der Waals surface area contributed by atoms with Gasteiger partial charge in [-0.25, -0.2) is 9.48 Å². The first-order chi connectivity index (χ1) is 8.37. The predicted molar refractivity (Wildman–Crippen MR) is 65.3 cm³/mol. The number of hydrogen-bond donors (Lipinski definition) is 0. The van der Waals surface area contributed by atoms with Crippen molar-refractivity contribution in [2.24, 2.45) is 0 Å². The first-order valence-electron chi connectivity index (χ1n) is 5.63. The summed E-state index contributed by atoms with van der Waals surface area (Å²) in [7, 11) is 0. The molecule has 6 heteroatoms. The Balaban J connectivity index is 2.25. The van der Waals surface area contributed by atoms with E-state index >= 15 is 0 Å². The molecule has 0 aliphatic carbocycles. The van der Waals surface area contributed by atoms with Gasteiger partial charge in [-0.15, -0.1) is 5.10 Å². The molecule has 0 amide bonds. The quantitative estimate of drug-likeness (QED) is 0.740. The van der Waals surface area contributed by atoms with Crippen LogP contribution in [0.1, 0.15) is 20.8 Å². The third-order valence-electron chi connectivity index (χ3n) is 2.19. The summed E-state index contributed by atoms with van der Waals surface area (Å²) >= 11 is 0. The zero-order valence-corrected chi connectivity index (χ0v) is 10.6. The standard InChI is InChI=1S/C12H15N3O3/c1-12(2,3)18-10(16)8-15-11(17)14-7-5-4-6-9(14)13-15/h4-7H,8H2,1-3H3. The van der Waals surface area contributed by atoms with E-state index < -0.39 is 11.6 Å². The minimum Gasteiger partial charge on any atom is -0.459 e. The molecule has 6 nitrogen and oxygen atoms in total. The Labute approximate surface area is 104 Å². The van der Waals surface area contributed by atoms with Gasteiger partial charge in [-0.3, -0.25) is 9.20 Å². The van der Waals surface area contributed by atoms with Crippen LogP contribution in [0.15, 0.2) is 29.2 Å². The monoisotopic (exact) mass is 249 g/mol. The van der Waals surface area contributed by atoms with Crippen molar-refractivity contribution < 1.29 is 9.53 Å². The van der Waals surface area contributed by atoms with Gasteiger partial charge in [-0.05, 0) is 32.9 Å². The van der Waals surface area contributed by atoms with Crippen LogP contribution in [0.5, 0.6) is 0 Å². The highest BCUT2D eigenvalue weighted by Gasteiger charge is 2.18. The number of hydrogen-bond acceptors (Lipinski definition) is 4. The number of ether oxygens (including phenoxy) is 1. The van der Waals surface area contributed by atoms with Crippen molar-refractivity contribution >= 4 is 11.6 Å². The minimum atomic E-state index is -0.570. The van der Waals surface area contributed by atoms with Crippen LogP contribution in [0.3, 0.4) is 0 Å². The van der Waals surface area contributed by atoms with Crippen molar-refractivity contribution in [1.82, 2.24) is 14.2 Å². The van der Waals surface area contributed by atoms with Crippen molar-refractivity contribution in [1.29, 1.82) is 0 Å². The van der Waals surface area contributed by atoms with E-state index in [-0.39, 0.29) is 12.2 Å². The average Bonchev–Trinajstić information content (AvgIpc) is 2.54. The highest BCUT2D eigenvalue weighted by molar-refractivity contribution is 5.69. The van der Waals surface area contributed by atoms with Crippen LogP contribution in [0.2, 0.25) is 0 Å². The van der Waals surface area contributed by atoms with E-state index in [0.29, 0.717) is 5.65 Å². The second-order valence-corrected chi connectivity index (χ2v) is 4.96. The molecule has 0 aromatic carbocycles. The van der Waals surface area contributed by atoms with Crippen LogP contribution >= 0.6 is 0 Å². The topological polar surface area (TPSA) is 65.6 Å². The van der Waals surface area contributed by atoms with Crippen molar-refractivity contribution in [2.75, 3.05) is 0 Å². The molecule has 2 aromatic heterocycles. The van der Waals surface area contributed by atoms with Crippen LogP contribution in [0.4, 0.5) is 0 Å². The molecule has 0 radical (unpaired) electrons. The maximum Gasteiger partial charge on any atom is 0.350 e. The van der Waals surface area contributed by atoms with E-state index in [9.17, 15) is 9.59 Å². The second-order valence-electron chi connectivity index (χ2n) is 4.96. The van der Waals surface area contributed by atoms with Crippen LogP contribution in [0.25, 0.3) is 5.65 Å². The zero-order valence-electron chi connectivity index (χ0n) is 10.6. The zero-order chi connectivity index (χ0) is 13.3. The van der Waals surface area contributed by atoms with Crippen LogP contribution < -0.4 is 5.69 Å². The lowest BCUT2D eigenvalue weighted by Gasteiger charge is -2.19. The molecule has 18 heavy (non-hydrogen) atoms. The predicted octanol–water partition coefficient (Wildman–Crippen LogP) is 0.838. The Bertz CT molecular complexity index is 634. The molecule has 2 rings (SSSR count). The Hall–Kier alpha value is -2.11. The normalized spacial score (nSPS) is 11.7. The van der Waals surface area contributed by atoms with Gasteiger partial charge in [0.05, 0.1) is 0 Å². The molecule has 0 saturated heterocycles. The Morgan fingerprint density at radius 2 is 2.11 bits per heavy atom. The van der Waals surface area contributed by atoms with E-state index in [2.05, 4.69) is 5.10 Å². The minimum absolute atomic E-state index is 0.183. The average molecular weight is 249 g/mol. The van der Waals surface area contributed by atoms with E-state index in [1.165, 1.54) is 4.40 Å². The lowest BCUT2D eigenvalue weighted by molar-refractivity contribution is -0.155. The highest BCUT2D eigenvalue weighted by Crippen LogP contribution is 2.07.